The number of imidazole rings is 1. The van der Waals surface area contributed by atoms with E-state index in [1.165, 1.54) is 11.1 Å². The number of aromatic nitrogens is 2. The molecule has 1 unspecified atom stereocenters. The van der Waals surface area contributed by atoms with Crippen LogP contribution in [-0.4, -0.2) is 39.2 Å². The molecule has 0 radical (unpaired) electrons. The number of hydrogen-bond donors (Lipinski definition) is 0. The van der Waals surface area contributed by atoms with Gasteiger partial charge in [-0.2, -0.15) is 0 Å². The smallest absolute Gasteiger partial charge is 0.227 e. The molecule has 5 heteroatoms. The lowest BCUT2D eigenvalue weighted by atomic mass is 9.86. The van der Waals surface area contributed by atoms with E-state index in [0.29, 0.717) is 25.3 Å². The lowest BCUT2D eigenvalue weighted by molar-refractivity contribution is -0.142. The van der Waals surface area contributed by atoms with Gasteiger partial charge in [0.25, 0.3) is 0 Å². The number of rotatable bonds is 3. The number of piperidine rings is 1. The topological polar surface area (TPSA) is 55.2 Å². The minimum absolute atomic E-state index is 0.0421. The summed E-state index contributed by atoms with van der Waals surface area (Å²) in [6.07, 6.45) is 5.74. The first-order valence-corrected chi connectivity index (χ1v) is 9.79. The molecule has 27 heavy (non-hydrogen) atoms. The van der Waals surface area contributed by atoms with Crippen LogP contribution in [0.15, 0.2) is 36.8 Å². The molecule has 3 heterocycles. The minimum atomic E-state index is -0.359. The van der Waals surface area contributed by atoms with E-state index in [9.17, 15) is 9.59 Å². The second-order valence-electron chi connectivity index (χ2n) is 8.78. The van der Waals surface area contributed by atoms with Crippen LogP contribution in [0.3, 0.4) is 0 Å². The Morgan fingerprint density at radius 1 is 1.15 bits per heavy atom. The molecule has 1 atom stereocenters. The zero-order chi connectivity index (χ0) is 19.2. The summed E-state index contributed by atoms with van der Waals surface area (Å²) < 4.78 is 2.13. The van der Waals surface area contributed by atoms with E-state index in [4.69, 9.17) is 0 Å². The Kier molecular flexibility index (Phi) is 4.41. The van der Waals surface area contributed by atoms with Crippen LogP contribution in [0.25, 0.3) is 11.3 Å². The molecule has 5 nitrogen and oxygen atoms in total. The largest absolute Gasteiger partial charge is 0.342 e. The molecule has 1 aromatic carbocycles. The van der Waals surface area contributed by atoms with Crippen LogP contribution in [-0.2, 0) is 9.59 Å². The molecule has 2 aliphatic heterocycles. The number of Topliss-reactive ketones (excluding diaryl/α,β-unsaturated/α-hetero) is 1. The average molecular weight is 365 g/mol. The van der Waals surface area contributed by atoms with Crippen molar-refractivity contribution in [2.45, 2.75) is 46.1 Å². The van der Waals surface area contributed by atoms with E-state index in [-0.39, 0.29) is 23.3 Å². The van der Waals surface area contributed by atoms with Crippen molar-refractivity contribution in [2.24, 2.45) is 11.3 Å². The van der Waals surface area contributed by atoms with Gasteiger partial charge in [-0.1, -0.05) is 45.0 Å². The van der Waals surface area contributed by atoms with Crippen molar-refractivity contribution in [3.63, 3.8) is 0 Å². The Balaban J connectivity index is 1.43. The zero-order valence-electron chi connectivity index (χ0n) is 16.3. The molecule has 0 N–H and O–H groups in total. The quantitative estimate of drug-likeness (QED) is 0.833. The number of carbonyl (C=O) groups is 2. The van der Waals surface area contributed by atoms with Crippen molar-refractivity contribution in [3.05, 3.63) is 42.4 Å². The maximum atomic E-state index is 13.0. The van der Waals surface area contributed by atoms with Gasteiger partial charge in [-0.3, -0.25) is 9.59 Å². The van der Waals surface area contributed by atoms with Crippen molar-refractivity contribution >= 4 is 11.7 Å². The number of ketones is 1. The van der Waals surface area contributed by atoms with Gasteiger partial charge in [0.15, 0.2) is 0 Å². The standard InChI is InChI=1S/C22H27N3O2/c1-22(2,3)21(27)24-10-8-15(9-11-24)20(26)12-18-16-6-4-5-7-17(16)19-13-23-14-25(18)19/h4-7,13-15,18H,8-12H2,1-3H3. The minimum Gasteiger partial charge on any atom is -0.342 e. The van der Waals surface area contributed by atoms with Gasteiger partial charge in [0, 0.05) is 36.4 Å². The van der Waals surface area contributed by atoms with E-state index >= 15 is 0 Å². The molecule has 0 saturated carbocycles. The highest BCUT2D eigenvalue weighted by molar-refractivity contribution is 5.85. The number of nitrogens with zero attached hydrogens (tertiary/aromatic N) is 3. The number of likely N-dealkylation sites (tertiary alicyclic amines) is 1. The SMILES string of the molecule is CC(C)(C)C(=O)N1CCC(C(=O)CC2c3ccccc3-c3cncn32)CC1. The predicted molar refractivity (Wildman–Crippen MR) is 104 cm³/mol. The van der Waals surface area contributed by atoms with Crippen molar-refractivity contribution in [3.8, 4) is 11.3 Å². The van der Waals surface area contributed by atoms with Gasteiger partial charge in [-0.15, -0.1) is 0 Å². The molecule has 142 valence electrons. The molecule has 2 aliphatic rings. The lowest BCUT2D eigenvalue weighted by Crippen LogP contribution is -2.45. The zero-order valence-corrected chi connectivity index (χ0v) is 16.3. The van der Waals surface area contributed by atoms with E-state index in [0.717, 1.165) is 18.5 Å². The monoisotopic (exact) mass is 365 g/mol. The number of benzene rings is 1. The van der Waals surface area contributed by atoms with Crippen molar-refractivity contribution in [1.29, 1.82) is 0 Å². The third-order valence-corrected chi connectivity index (χ3v) is 5.87. The highest BCUT2D eigenvalue weighted by atomic mass is 16.2. The van der Waals surface area contributed by atoms with Gasteiger partial charge in [-0.25, -0.2) is 4.98 Å². The number of hydrogen-bond acceptors (Lipinski definition) is 3. The highest BCUT2D eigenvalue weighted by Gasteiger charge is 2.35. The Bertz CT molecular complexity index is 870. The van der Waals surface area contributed by atoms with E-state index in [1.54, 1.807) is 0 Å². The number of carbonyl (C=O) groups excluding carboxylic acids is 2. The summed E-state index contributed by atoms with van der Waals surface area (Å²) in [7, 11) is 0. The molecule has 1 amide bonds. The van der Waals surface area contributed by atoms with Crippen LogP contribution in [0.2, 0.25) is 0 Å². The van der Waals surface area contributed by atoms with Gasteiger partial charge in [0.1, 0.15) is 5.78 Å². The average Bonchev–Trinajstić information content (AvgIpc) is 3.23. The Labute approximate surface area is 160 Å². The molecule has 2 aromatic rings. The first kappa shape index (κ1) is 18.0. The molecule has 0 bridgehead atoms. The maximum Gasteiger partial charge on any atom is 0.227 e. The second kappa shape index (κ2) is 6.63. The van der Waals surface area contributed by atoms with Crippen molar-refractivity contribution in [2.75, 3.05) is 13.1 Å². The summed E-state index contributed by atoms with van der Waals surface area (Å²) in [6.45, 7) is 7.22. The van der Waals surface area contributed by atoms with Crippen molar-refractivity contribution < 1.29 is 9.59 Å². The summed E-state index contributed by atoms with van der Waals surface area (Å²) in [4.78, 5) is 31.7. The molecule has 1 fully saturated rings. The summed E-state index contributed by atoms with van der Waals surface area (Å²) in [5.74, 6) is 0.536. The molecular formula is C22H27N3O2. The first-order chi connectivity index (χ1) is 12.9. The van der Waals surface area contributed by atoms with Gasteiger partial charge in [0.05, 0.1) is 24.3 Å². The first-order valence-electron chi connectivity index (χ1n) is 9.79. The summed E-state index contributed by atoms with van der Waals surface area (Å²) in [6, 6.07) is 8.32. The molecule has 4 rings (SSSR count). The maximum absolute atomic E-state index is 13.0. The van der Waals surface area contributed by atoms with Crippen LogP contribution in [0.5, 0.6) is 0 Å². The summed E-state index contributed by atoms with van der Waals surface area (Å²) in [5.41, 5.74) is 3.12. The van der Waals surface area contributed by atoms with Gasteiger partial charge in [-0.05, 0) is 18.4 Å². The summed E-state index contributed by atoms with van der Waals surface area (Å²) in [5, 5.41) is 0. The third-order valence-electron chi connectivity index (χ3n) is 5.87. The van der Waals surface area contributed by atoms with Crippen LogP contribution in [0.4, 0.5) is 0 Å². The van der Waals surface area contributed by atoms with Crippen molar-refractivity contribution in [1.82, 2.24) is 14.5 Å². The highest BCUT2D eigenvalue weighted by Crippen LogP contribution is 2.41. The molecule has 0 spiro atoms. The fourth-order valence-corrected chi connectivity index (χ4v) is 4.38. The fourth-order valence-electron chi connectivity index (χ4n) is 4.38. The predicted octanol–water partition coefficient (Wildman–Crippen LogP) is 3.70. The van der Waals surface area contributed by atoms with Gasteiger partial charge >= 0.3 is 0 Å². The number of fused-ring (bicyclic) bond motifs is 3. The Hall–Kier alpha value is -2.43. The second-order valence-corrected chi connectivity index (χ2v) is 8.78. The third kappa shape index (κ3) is 3.20. The Morgan fingerprint density at radius 3 is 2.56 bits per heavy atom. The number of amides is 1. The van der Waals surface area contributed by atoms with Crippen LogP contribution in [0, 0.1) is 11.3 Å². The van der Waals surface area contributed by atoms with E-state index < -0.39 is 0 Å². The molecular weight excluding hydrogens is 338 g/mol. The van der Waals surface area contributed by atoms with Gasteiger partial charge in [0.2, 0.25) is 5.91 Å². The van der Waals surface area contributed by atoms with Gasteiger partial charge < -0.3 is 9.47 Å². The Morgan fingerprint density at radius 2 is 1.85 bits per heavy atom. The van der Waals surface area contributed by atoms with E-state index in [1.807, 2.05) is 50.3 Å². The van der Waals surface area contributed by atoms with Crippen LogP contribution >= 0.6 is 0 Å². The molecule has 1 aromatic heterocycles. The normalized spacial score (nSPS) is 19.7. The summed E-state index contributed by atoms with van der Waals surface area (Å²) >= 11 is 0. The van der Waals surface area contributed by atoms with Crippen LogP contribution in [0.1, 0.15) is 51.6 Å². The van der Waals surface area contributed by atoms with Crippen LogP contribution < -0.4 is 0 Å². The molecule has 0 aliphatic carbocycles. The fraction of sp³-hybridized carbons (Fsp3) is 0.500. The van der Waals surface area contributed by atoms with E-state index in [2.05, 4.69) is 21.7 Å². The lowest BCUT2D eigenvalue weighted by Gasteiger charge is -2.35. The molecule has 1 saturated heterocycles.